The number of nitrogens with zero attached hydrogens (tertiary/aromatic N) is 3. The van der Waals surface area contributed by atoms with Crippen molar-refractivity contribution in [3.8, 4) is 11.4 Å². The van der Waals surface area contributed by atoms with Crippen molar-refractivity contribution >= 4 is 5.91 Å². The van der Waals surface area contributed by atoms with E-state index in [9.17, 15) is 4.79 Å². The Morgan fingerprint density at radius 1 is 1.27 bits per heavy atom. The molecule has 2 aliphatic rings. The molecule has 1 saturated carbocycles. The van der Waals surface area contributed by atoms with E-state index in [-0.39, 0.29) is 17.4 Å². The Hall–Kier alpha value is -3.09. The molecule has 1 aromatic carbocycles. The average Bonchev–Trinajstić information content (AvgIpc) is 3.30. The Bertz CT molecular complexity index is 1080. The van der Waals surface area contributed by atoms with Crippen molar-refractivity contribution in [3.05, 3.63) is 59.2 Å². The van der Waals surface area contributed by atoms with Crippen molar-refractivity contribution in [3.63, 3.8) is 0 Å². The van der Waals surface area contributed by atoms with Gasteiger partial charge in [0.15, 0.2) is 0 Å². The normalized spacial score (nSPS) is 19.9. The van der Waals surface area contributed by atoms with Crippen LogP contribution in [0, 0.1) is 5.41 Å². The molecule has 0 aliphatic heterocycles. The van der Waals surface area contributed by atoms with Crippen molar-refractivity contribution in [2.45, 2.75) is 51.5 Å². The van der Waals surface area contributed by atoms with Crippen LogP contribution in [0.5, 0.6) is 5.75 Å². The SMILES string of the molecule is COc1ccc(-n2ncc3c2CC(C)(C)CC3NC(=O)c2cc(C3CC3)[nH]n2)cc1. The number of fused-ring (bicyclic) bond motifs is 1. The molecule has 2 N–H and O–H groups in total. The summed E-state index contributed by atoms with van der Waals surface area (Å²) in [5.74, 6) is 1.22. The van der Waals surface area contributed by atoms with E-state index in [0.29, 0.717) is 11.6 Å². The molecule has 0 saturated heterocycles. The van der Waals surface area contributed by atoms with Gasteiger partial charge in [-0.3, -0.25) is 9.89 Å². The highest BCUT2D eigenvalue weighted by Crippen LogP contribution is 2.42. The van der Waals surface area contributed by atoms with Crippen molar-refractivity contribution in [1.82, 2.24) is 25.3 Å². The molecule has 7 heteroatoms. The lowest BCUT2D eigenvalue weighted by Crippen LogP contribution is -2.37. The predicted molar refractivity (Wildman–Crippen MR) is 113 cm³/mol. The fourth-order valence-electron chi connectivity index (χ4n) is 4.41. The molecule has 1 atom stereocenters. The molecule has 1 fully saturated rings. The van der Waals surface area contributed by atoms with E-state index in [4.69, 9.17) is 4.74 Å². The summed E-state index contributed by atoms with van der Waals surface area (Å²) >= 11 is 0. The third kappa shape index (κ3) is 3.49. The number of aromatic nitrogens is 4. The number of hydrogen-bond donors (Lipinski definition) is 2. The predicted octanol–water partition coefficient (Wildman–Crippen LogP) is 3.92. The summed E-state index contributed by atoms with van der Waals surface area (Å²) in [4.78, 5) is 12.9. The third-order valence-corrected chi connectivity index (χ3v) is 6.15. The highest BCUT2D eigenvalue weighted by molar-refractivity contribution is 5.92. The number of methoxy groups -OCH3 is 1. The Kier molecular flexibility index (Phi) is 4.41. The molecule has 1 amide bonds. The lowest BCUT2D eigenvalue weighted by atomic mass is 9.74. The van der Waals surface area contributed by atoms with Crippen LogP contribution in [0.2, 0.25) is 0 Å². The fraction of sp³-hybridized carbons (Fsp3) is 0.435. The number of carbonyl (C=O) groups excluding carboxylic acids is 1. The van der Waals surface area contributed by atoms with E-state index in [1.807, 2.05) is 41.2 Å². The van der Waals surface area contributed by atoms with Gasteiger partial charge < -0.3 is 10.1 Å². The van der Waals surface area contributed by atoms with Crippen LogP contribution in [-0.2, 0) is 6.42 Å². The standard InChI is InChI=1S/C23H27N5O2/c1-23(2)11-20(25-22(29)19-10-18(26-27-19)14-4-5-14)17-13-24-28(21(17)12-23)15-6-8-16(30-3)9-7-15/h6-10,13-14,20H,4-5,11-12H2,1-3H3,(H,25,29)(H,26,27). The largest absolute Gasteiger partial charge is 0.497 e. The van der Waals surface area contributed by atoms with Gasteiger partial charge >= 0.3 is 0 Å². The Morgan fingerprint density at radius 2 is 2.03 bits per heavy atom. The monoisotopic (exact) mass is 405 g/mol. The van der Waals surface area contributed by atoms with Crippen LogP contribution in [0.3, 0.4) is 0 Å². The molecule has 0 bridgehead atoms. The zero-order valence-electron chi connectivity index (χ0n) is 17.6. The minimum atomic E-state index is -0.135. The zero-order valence-corrected chi connectivity index (χ0v) is 17.6. The van der Waals surface area contributed by atoms with Gasteiger partial charge in [-0.2, -0.15) is 10.2 Å². The first-order valence-corrected chi connectivity index (χ1v) is 10.5. The summed E-state index contributed by atoms with van der Waals surface area (Å²) in [6.45, 7) is 4.47. The Morgan fingerprint density at radius 3 is 2.73 bits per heavy atom. The molecule has 156 valence electrons. The molecular weight excluding hydrogens is 378 g/mol. The first-order valence-electron chi connectivity index (χ1n) is 10.5. The van der Waals surface area contributed by atoms with Crippen LogP contribution in [0.15, 0.2) is 36.5 Å². The summed E-state index contributed by atoms with van der Waals surface area (Å²) in [7, 11) is 1.66. The van der Waals surface area contributed by atoms with Crippen molar-refractivity contribution in [2.24, 2.45) is 5.41 Å². The van der Waals surface area contributed by atoms with E-state index in [2.05, 4.69) is 34.5 Å². The Labute approximate surface area is 175 Å². The fourth-order valence-corrected chi connectivity index (χ4v) is 4.41. The molecule has 5 rings (SSSR count). The van der Waals surface area contributed by atoms with Gasteiger partial charge in [-0.1, -0.05) is 13.8 Å². The quantitative estimate of drug-likeness (QED) is 0.674. The van der Waals surface area contributed by atoms with E-state index in [1.54, 1.807) is 7.11 Å². The van der Waals surface area contributed by atoms with Crippen molar-refractivity contribution < 1.29 is 9.53 Å². The molecule has 0 spiro atoms. The van der Waals surface area contributed by atoms with Crippen LogP contribution < -0.4 is 10.1 Å². The summed E-state index contributed by atoms with van der Waals surface area (Å²) in [5.41, 5.74) is 4.78. The minimum Gasteiger partial charge on any atom is -0.497 e. The first kappa shape index (κ1) is 18.9. The van der Waals surface area contributed by atoms with Gasteiger partial charge in [0.1, 0.15) is 11.4 Å². The molecule has 30 heavy (non-hydrogen) atoms. The number of H-pyrrole nitrogens is 1. The number of hydrogen-bond acceptors (Lipinski definition) is 4. The number of benzene rings is 1. The second kappa shape index (κ2) is 7.00. The number of amides is 1. The minimum absolute atomic E-state index is 0.0416. The molecule has 2 heterocycles. The topological polar surface area (TPSA) is 84.8 Å². The van der Waals surface area contributed by atoms with Gasteiger partial charge in [-0.25, -0.2) is 4.68 Å². The lowest BCUT2D eigenvalue weighted by Gasteiger charge is -2.35. The second-order valence-corrected chi connectivity index (χ2v) is 9.21. The summed E-state index contributed by atoms with van der Waals surface area (Å²) in [6.07, 6.45) is 6.00. The van der Waals surface area contributed by atoms with Crippen LogP contribution in [-0.4, -0.2) is 33.0 Å². The van der Waals surface area contributed by atoms with E-state index < -0.39 is 0 Å². The van der Waals surface area contributed by atoms with Gasteiger partial charge in [-0.05, 0) is 61.4 Å². The molecule has 7 nitrogen and oxygen atoms in total. The van der Waals surface area contributed by atoms with E-state index >= 15 is 0 Å². The smallest absolute Gasteiger partial charge is 0.272 e. The molecule has 2 aliphatic carbocycles. The van der Waals surface area contributed by atoms with Gasteiger partial charge in [-0.15, -0.1) is 0 Å². The van der Waals surface area contributed by atoms with Crippen molar-refractivity contribution in [2.75, 3.05) is 7.11 Å². The number of rotatable bonds is 5. The zero-order chi connectivity index (χ0) is 20.9. The maximum Gasteiger partial charge on any atom is 0.272 e. The van der Waals surface area contributed by atoms with Gasteiger partial charge in [0.2, 0.25) is 0 Å². The highest BCUT2D eigenvalue weighted by atomic mass is 16.5. The lowest BCUT2D eigenvalue weighted by molar-refractivity contribution is 0.0914. The first-order chi connectivity index (χ1) is 14.4. The van der Waals surface area contributed by atoms with Gasteiger partial charge in [0.05, 0.1) is 30.7 Å². The molecule has 2 aromatic heterocycles. The number of carbonyl (C=O) groups is 1. The number of nitrogens with one attached hydrogen (secondary N) is 2. The third-order valence-electron chi connectivity index (χ3n) is 6.15. The Balaban J connectivity index is 1.42. The van der Waals surface area contributed by atoms with Crippen LogP contribution in [0.1, 0.15) is 72.5 Å². The van der Waals surface area contributed by atoms with Crippen LogP contribution in [0.25, 0.3) is 5.69 Å². The van der Waals surface area contributed by atoms with Crippen molar-refractivity contribution in [1.29, 1.82) is 0 Å². The van der Waals surface area contributed by atoms with Gasteiger partial charge in [0, 0.05) is 17.2 Å². The maximum absolute atomic E-state index is 12.9. The molecule has 1 unspecified atom stereocenters. The summed E-state index contributed by atoms with van der Waals surface area (Å²) in [6, 6.07) is 9.68. The summed E-state index contributed by atoms with van der Waals surface area (Å²) in [5, 5.41) is 15.1. The van der Waals surface area contributed by atoms with Crippen LogP contribution in [0.4, 0.5) is 0 Å². The average molecular weight is 406 g/mol. The molecular formula is C23H27N5O2. The summed E-state index contributed by atoms with van der Waals surface area (Å²) < 4.78 is 7.25. The molecule has 3 aromatic rings. The van der Waals surface area contributed by atoms with Crippen LogP contribution >= 0.6 is 0 Å². The van der Waals surface area contributed by atoms with E-state index in [0.717, 1.165) is 41.2 Å². The van der Waals surface area contributed by atoms with Gasteiger partial charge in [0.25, 0.3) is 5.91 Å². The maximum atomic E-state index is 12.9. The number of aromatic amines is 1. The highest BCUT2D eigenvalue weighted by Gasteiger charge is 2.36. The molecule has 0 radical (unpaired) electrons. The van der Waals surface area contributed by atoms with E-state index in [1.165, 1.54) is 12.8 Å². The second-order valence-electron chi connectivity index (χ2n) is 9.21. The number of ether oxygens (including phenoxy) is 1.